The van der Waals surface area contributed by atoms with Crippen LogP contribution < -0.4 is 10.2 Å². The maximum absolute atomic E-state index is 13.7. The number of likely N-dealkylation sites (tertiary alicyclic amines) is 1. The van der Waals surface area contributed by atoms with Crippen LogP contribution in [0.1, 0.15) is 25.7 Å². The third-order valence-corrected chi connectivity index (χ3v) is 6.36. The molecule has 2 unspecified atom stereocenters. The van der Waals surface area contributed by atoms with Gasteiger partial charge in [-0.3, -0.25) is 4.79 Å². The summed E-state index contributed by atoms with van der Waals surface area (Å²) in [7, 11) is 0. The van der Waals surface area contributed by atoms with Gasteiger partial charge in [0.15, 0.2) is 0 Å². The Morgan fingerprint density at radius 2 is 2.03 bits per heavy atom. The molecule has 1 amide bonds. The van der Waals surface area contributed by atoms with Crippen molar-refractivity contribution < 1.29 is 9.18 Å². The summed E-state index contributed by atoms with van der Waals surface area (Å²) in [6.07, 6.45) is 7.01. The number of nitrogens with one attached hydrogen (secondary N) is 2. The highest BCUT2D eigenvalue weighted by molar-refractivity contribution is 6.30. The van der Waals surface area contributed by atoms with E-state index in [1.54, 1.807) is 12.4 Å². The Kier molecular flexibility index (Phi) is 5.40. The zero-order chi connectivity index (χ0) is 21.4. The number of rotatable bonds is 4. The SMILES string of the molecule is O=C1C(Nc2cc(F)cc(Cl)c2)CCCN1C1CCCN(c2ncnc3[nH]ccc23)C1. The first kappa shape index (κ1) is 20.1. The first-order chi connectivity index (χ1) is 15.1. The molecule has 2 N–H and O–H groups in total. The molecule has 5 rings (SSSR count). The zero-order valence-electron chi connectivity index (χ0n) is 17.0. The Labute approximate surface area is 184 Å². The van der Waals surface area contributed by atoms with Gasteiger partial charge in [0.05, 0.1) is 5.39 Å². The fourth-order valence-electron chi connectivity index (χ4n) is 4.75. The number of aromatic amines is 1. The monoisotopic (exact) mass is 442 g/mol. The van der Waals surface area contributed by atoms with Crippen LogP contribution in [-0.2, 0) is 4.79 Å². The van der Waals surface area contributed by atoms with Gasteiger partial charge in [0.2, 0.25) is 5.91 Å². The van der Waals surface area contributed by atoms with Crippen LogP contribution in [0.15, 0.2) is 36.8 Å². The fraction of sp³-hybridized carbons (Fsp3) is 0.409. The van der Waals surface area contributed by atoms with Crippen LogP contribution in [0, 0.1) is 5.82 Å². The van der Waals surface area contributed by atoms with Crippen molar-refractivity contribution in [3.05, 3.63) is 47.6 Å². The first-order valence-corrected chi connectivity index (χ1v) is 11.0. The molecule has 3 aromatic rings. The van der Waals surface area contributed by atoms with Crippen molar-refractivity contribution in [1.29, 1.82) is 0 Å². The molecule has 31 heavy (non-hydrogen) atoms. The largest absolute Gasteiger partial charge is 0.374 e. The van der Waals surface area contributed by atoms with Gasteiger partial charge >= 0.3 is 0 Å². The highest BCUT2D eigenvalue weighted by atomic mass is 35.5. The Hall–Kier alpha value is -2.87. The molecule has 2 atom stereocenters. The number of halogens is 2. The molecule has 4 heterocycles. The van der Waals surface area contributed by atoms with Crippen molar-refractivity contribution in [3.8, 4) is 0 Å². The van der Waals surface area contributed by atoms with Gasteiger partial charge in [0.25, 0.3) is 0 Å². The lowest BCUT2D eigenvalue weighted by atomic mass is 9.97. The van der Waals surface area contributed by atoms with Crippen LogP contribution in [0.2, 0.25) is 5.02 Å². The molecular formula is C22H24ClFN6O. The lowest BCUT2D eigenvalue weighted by molar-refractivity contribution is -0.137. The number of fused-ring (bicyclic) bond motifs is 1. The van der Waals surface area contributed by atoms with E-state index < -0.39 is 5.82 Å². The number of amides is 1. The van der Waals surface area contributed by atoms with Crippen LogP contribution >= 0.6 is 11.6 Å². The van der Waals surface area contributed by atoms with Crippen molar-refractivity contribution in [3.63, 3.8) is 0 Å². The van der Waals surface area contributed by atoms with Gasteiger partial charge in [-0.05, 0) is 49.9 Å². The maximum Gasteiger partial charge on any atom is 0.245 e. The molecule has 0 aliphatic carbocycles. The normalized spacial score (nSPS) is 22.2. The van der Waals surface area contributed by atoms with E-state index in [-0.39, 0.29) is 18.0 Å². The second kappa shape index (κ2) is 8.34. The molecule has 2 fully saturated rings. The quantitative estimate of drug-likeness (QED) is 0.642. The second-order valence-electron chi connectivity index (χ2n) is 8.21. The van der Waals surface area contributed by atoms with Gasteiger partial charge in [-0.15, -0.1) is 0 Å². The number of anilines is 2. The average Bonchev–Trinajstić information content (AvgIpc) is 3.24. The maximum atomic E-state index is 13.7. The molecular weight excluding hydrogens is 419 g/mol. The van der Waals surface area contributed by atoms with E-state index in [0.29, 0.717) is 10.7 Å². The van der Waals surface area contributed by atoms with Gasteiger partial charge in [-0.1, -0.05) is 11.6 Å². The van der Waals surface area contributed by atoms with Crippen molar-refractivity contribution in [2.75, 3.05) is 29.9 Å². The van der Waals surface area contributed by atoms with Gasteiger partial charge in [-0.2, -0.15) is 0 Å². The van der Waals surface area contributed by atoms with Gasteiger partial charge in [-0.25, -0.2) is 14.4 Å². The third kappa shape index (κ3) is 4.04. The number of hydrogen-bond donors (Lipinski definition) is 2. The Morgan fingerprint density at radius 1 is 1.16 bits per heavy atom. The lowest BCUT2D eigenvalue weighted by Gasteiger charge is -2.43. The summed E-state index contributed by atoms with van der Waals surface area (Å²) in [6.45, 7) is 2.38. The highest BCUT2D eigenvalue weighted by Gasteiger charge is 2.35. The van der Waals surface area contributed by atoms with E-state index in [4.69, 9.17) is 11.6 Å². The molecule has 0 radical (unpaired) electrons. The summed E-state index contributed by atoms with van der Waals surface area (Å²) in [4.78, 5) is 29.5. The van der Waals surface area contributed by atoms with Gasteiger partial charge < -0.3 is 20.1 Å². The Morgan fingerprint density at radius 3 is 2.90 bits per heavy atom. The van der Waals surface area contributed by atoms with Gasteiger partial charge in [0, 0.05) is 42.6 Å². The van der Waals surface area contributed by atoms with Crippen LogP contribution in [0.4, 0.5) is 15.9 Å². The standard InChI is InChI=1S/C22H24ClFN6O/c23-14-9-15(24)11-16(10-14)28-19-4-2-8-30(22(19)31)17-3-1-7-29(12-17)21-18-5-6-25-20(18)26-13-27-21/h5-6,9-11,13,17,19,28H,1-4,7-8,12H2,(H,25,26,27). The predicted molar refractivity (Wildman–Crippen MR) is 119 cm³/mol. The van der Waals surface area contributed by atoms with E-state index in [2.05, 4.69) is 25.2 Å². The van der Waals surface area contributed by atoms with Gasteiger partial charge in [0.1, 0.15) is 29.7 Å². The lowest BCUT2D eigenvalue weighted by Crippen LogP contribution is -2.56. The second-order valence-corrected chi connectivity index (χ2v) is 8.64. The predicted octanol–water partition coefficient (Wildman–Crippen LogP) is 3.82. The molecule has 2 aliphatic rings. The van der Waals surface area contributed by atoms with E-state index in [1.807, 2.05) is 17.2 Å². The van der Waals surface area contributed by atoms with Crippen LogP contribution in [0.5, 0.6) is 0 Å². The molecule has 162 valence electrons. The van der Waals surface area contributed by atoms with E-state index >= 15 is 0 Å². The summed E-state index contributed by atoms with van der Waals surface area (Å²) in [5, 5.41) is 4.50. The molecule has 2 aliphatic heterocycles. The molecule has 9 heteroatoms. The summed E-state index contributed by atoms with van der Waals surface area (Å²) in [5.41, 5.74) is 1.35. The van der Waals surface area contributed by atoms with Crippen LogP contribution in [-0.4, -0.2) is 57.5 Å². The van der Waals surface area contributed by atoms with Crippen molar-refractivity contribution >= 4 is 40.0 Å². The summed E-state index contributed by atoms with van der Waals surface area (Å²) < 4.78 is 13.7. The molecule has 0 spiro atoms. The number of nitrogens with zero attached hydrogens (tertiary/aromatic N) is 4. The number of carbonyl (C=O) groups is 1. The minimum Gasteiger partial charge on any atom is -0.374 e. The highest BCUT2D eigenvalue weighted by Crippen LogP contribution is 2.29. The van der Waals surface area contributed by atoms with E-state index in [1.165, 1.54) is 12.1 Å². The third-order valence-electron chi connectivity index (χ3n) is 6.15. The Bertz CT molecular complexity index is 1080. The van der Waals surface area contributed by atoms with Crippen LogP contribution in [0.3, 0.4) is 0 Å². The smallest absolute Gasteiger partial charge is 0.245 e. The van der Waals surface area contributed by atoms with E-state index in [9.17, 15) is 9.18 Å². The average molecular weight is 443 g/mol. The number of carbonyl (C=O) groups excluding carboxylic acids is 1. The van der Waals surface area contributed by atoms with Crippen molar-refractivity contribution in [1.82, 2.24) is 19.9 Å². The number of aromatic nitrogens is 3. The van der Waals surface area contributed by atoms with E-state index in [0.717, 1.165) is 62.2 Å². The van der Waals surface area contributed by atoms with Crippen molar-refractivity contribution in [2.24, 2.45) is 0 Å². The molecule has 1 aromatic carbocycles. The Balaban J connectivity index is 1.32. The number of H-pyrrole nitrogens is 1. The molecule has 2 aromatic heterocycles. The minimum atomic E-state index is -0.418. The minimum absolute atomic E-state index is 0.0629. The fourth-order valence-corrected chi connectivity index (χ4v) is 4.97. The summed E-state index contributed by atoms with van der Waals surface area (Å²) >= 11 is 5.97. The van der Waals surface area contributed by atoms with Crippen LogP contribution in [0.25, 0.3) is 11.0 Å². The molecule has 2 saturated heterocycles. The summed E-state index contributed by atoms with van der Waals surface area (Å²) in [6, 6.07) is 6.01. The number of benzene rings is 1. The topological polar surface area (TPSA) is 77.2 Å². The number of hydrogen-bond acceptors (Lipinski definition) is 5. The molecule has 0 bridgehead atoms. The summed E-state index contributed by atoms with van der Waals surface area (Å²) in [5.74, 6) is 0.552. The number of piperidine rings is 2. The molecule has 0 saturated carbocycles. The molecule has 7 nitrogen and oxygen atoms in total. The zero-order valence-corrected chi connectivity index (χ0v) is 17.8. The van der Waals surface area contributed by atoms with Crippen molar-refractivity contribution in [2.45, 2.75) is 37.8 Å². The first-order valence-electron chi connectivity index (χ1n) is 10.6.